The van der Waals surface area contributed by atoms with Gasteiger partial charge in [-0.25, -0.2) is 14.3 Å². The molecule has 5 rings (SSSR count). The van der Waals surface area contributed by atoms with Gasteiger partial charge >= 0.3 is 0 Å². The van der Waals surface area contributed by atoms with E-state index in [1.54, 1.807) is 6.20 Å². The fourth-order valence-corrected chi connectivity index (χ4v) is 4.63. The summed E-state index contributed by atoms with van der Waals surface area (Å²) in [6.45, 7) is 5.07. The maximum Gasteiger partial charge on any atom is 0.227 e. The maximum atomic E-state index is 6.30. The van der Waals surface area contributed by atoms with Crippen molar-refractivity contribution in [2.24, 2.45) is 5.14 Å². The van der Waals surface area contributed by atoms with Gasteiger partial charge in [-0.2, -0.15) is 0 Å². The Kier molecular flexibility index (Phi) is 7.00. The zero-order valence-electron chi connectivity index (χ0n) is 18.9. The summed E-state index contributed by atoms with van der Waals surface area (Å²) in [6, 6.07) is 15.9. The van der Waals surface area contributed by atoms with E-state index in [9.17, 15) is 0 Å². The summed E-state index contributed by atoms with van der Waals surface area (Å²) in [5, 5.41) is 8.93. The lowest BCUT2D eigenvalue weighted by Crippen LogP contribution is -2.36. The van der Waals surface area contributed by atoms with Crippen molar-refractivity contribution in [2.75, 3.05) is 55.3 Å². The minimum absolute atomic E-state index is 0.0914. The molecule has 0 bridgehead atoms. The molecule has 178 valence electrons. The van der Waals surface area contributed by atoms with Crippen LogP contribution in [0.15, 0.2) is 54.7 Å². The first-order chi connectivity index (χ1) is 16.7. The van der Waals surface area contributed by atoms with E-state index < -0.39 is 0 Å². The number of hydrogen-bond donors (Lipinski definition) is 3. The molecule has 1 aromatic heterocycles. The molecule has 3 heterocycles. The maximum absolute atomic E-state index is 6.30. The molecule has 0 amide bonds. The van der Waals surface area contributed by atoms with Crippen LogP contribution in [0.1, 0.15) is 6.42 Å². The highest BCUT2D eigenvalue weighted by atomic mass is 32.2. The molecule has 9 nitrogen and oxygen atoms in total. The average Bonchev–Trinajstić information content (AvgIpc) is 3.34. The van der Waals surface area contributed by atoms with Gasteiger partial charge in [-0.1, -0.05) is 0 Å². The minimum Gasteiger partial charge on any atom is -0.487 e. The average molecular weight is 480 g/mol. The van der Waals surface area contributed by atoms with Crippen LogP contribution in [0.5, 0.6) is 5.75 Å². The highest BCUT2D eigenvalue weighted by molar-refractivity contribution is 7.94. The molecular weight excluding hydrogens is 450 g/mol. The Morgan fingerprint density at radius 1 is 1.06 bits per heavy atom. The number of morpholine rings is 1. The molecule has 1 unspecified atom stereocenters. The third kappa shape index (κ3) is 5.36. The number of hydrogen-bond acceptors (Lipinski definition) is 10. The molecule has 0 spiro atoms. The highest BCUT2D eigenvalue weighted by Gasteiger charge is 2.24. The van der Waals surface area contributed by atoms with Crippen LogP contribution < -0.4 is 25.8 Å². The summed E-state index contributed by atoms with van der Waals surface area (Å²) in [7, 11) is 0. The lowest BCUT2D eigenvalue weighted by Gasteiger charge is -2.28. The number of rotatable bonds is 7. The number of anilines is 4. The van der Waals surface area contributed by atoms with Gasteiger partial charge in [-0.15, -0.1) is 0 Å². The van der Waals surface area contributed by atoms with Crippen molar-refractivity contribution >= 4 is 35.1 Å². The fourth-order valence-electron chi connectivity index (χ4n) is 4.17. The Morgan fingerprint density at radius 3 is 2.62 bits per heavy atom. The molecule has 2 aromatic carbocycles. The van der Waals surface area contributed by atoms with Crippen LogP contribution in [0.25, 0.3) is 11.3 Å². The summed E-state index contributed by atoms with van der Waals surface area (Å²) < 4.78 is 13.6. The van der Waals surface area contributed by atoms with Crippen molar-refractivity contribution in [3.8, 4) is 17.0 Å². The Balaban J connectivity index is 1.25. The van der Waals surface area contributed by atoms with Gasteiger partial charge in [0, 0.05) is 61.4 Å². The largest absolute Gasteiger partial charge is 0.487 e. The number of nitrogens with two attached hydrogens (primary N) is 2. The van der Waals surface area contributed by atoms with E-state index in [0.29, 0.717) is 17.4 Å². The second-order valence-corrected chi connectivity index (χ2v) is 9.04. The van der Waals surface area contributed by atoms with Crippen LogP contribution in [-0.4, -0.2) is 59.8 Å². The monoisotopic (exact) mass is 479 g/mol. The Morgan fingerprint density at radius 2 is 1.88 bits per heavy atom. The molecule has 5 N–H and O–H groups in total. The van der Waals surface area contributed by atoms with Gasteiger partial charge in [0.1, 0.15) is 11.9 Å². The molecule has 2 aliphatic heterocycles. The topological polar surface area (TPSA) is 115 Å². The van der Waals surface area contributed by atoms with Crippen molar-refractivity contribution in [3.05, 3.63) is 54.7 Å². The van der Waals surface area contributed by atoms with Gasteiger partial charge in [-0.3, -0.25) is 5.14 Å². The van der Waals surface area contributed by atoms with E-state index in [1.165, 1.54) is 17.8 Å². The summed E-state index contributed by atoms with van der Waals surface area (Å²) in [5.74, 6) is 1.21. The number of nitrogens with zero attached hydrogens (tertiary/aromatic N) is 4. The Labute approximate surface area is 203 Å². The van der Waals surface area contributed by atoms with Crippen molar-refractivity contribution in [2.45, 2.75) is 12.5 Å². The van der Waals surface area contributed by atoms with Gasteiger partial charge in [0.25, 0.3) is 0 Å². The minimum atomic E-state index is 0.0914. The molecule has 2 saturated heterocycles. The molecule has 0 saturated carbocycles. The molecule has 2 aliphatic rings. The number of nitrogen functional groups attached to an aromatic ring is 1. The first-order valence-electron chi connectivity index (χ1n) is 11.4. The highest BCUT2D eigenvalue weighted by Crippen LogP contribution is 2.31. The van der Waals surface area contributed by atoms with Crippen molar-refractivity contribution in [1.29, 1.82) is 0 Å². The second kappa shape index (κ2) is 10.5. The zero-order chi connectivity index (χ0) is 23.3. The van der Waals surface area contributed by atoms with Gasteiger partial charge in [0.15, 0.2) is 0 Å². The van der Waals surface area contributed by atoms with Crippen LogP contribution >= 0.6 is 12.1 Å². The van der Waals surface area contributed by atoms with Gasteiger partial charge < -0.3 is 25.4 Å². The van der Waals surface area contributed by atoms with Gasteiger partial charge in [0.2, 0.25) is 5.95 Å². The molecule has 0 aliphatic carbocycles. The normalized spacial score (nSPS) is 18.7. The van der Waals surface area contributed by atoms with E-state index in [-0.39, 0.29) is 6.10 Å². The standard InChI is InChI=1S/C24H29N7O2S/c25-21-15-17(1-6-23(21)33-20-8-10-31(16-20)34-26)22-7-9-27-24(29-22)28-18-2-4-19(5-3-18)30-11-13-32-14-12-30/h1-7,9,15,20H,8,10-14,16,25-26H2,(H,27,28,29). The summed E-state index contributed by atoms with van der Waals surface area (Å²) in [4.78, 5) is 11.4. The SMILES string of the molecule is NSN1CCC(Oc2ccc(-c3ccnc(Nc4ccc(N5CCOCC5)cc4)n3)cc2N)C1. The third-order valence-electron chi connectivity index (χ3n) is 6.01. The van der Waals surface area contributed by atoms with Gasteiger partial charge in [-0.05, 0) is 55.0 Å². The lowest BCUT2D eigenvalue weighted by molar-refractivity contribution is 0.122. The van der Waals surface area contributed by atoms with Crippen molar-refractivity contribution < 1.29 is 9.47 Å². The number of ether oxygens (including phenoxy) is 2. The second-order valence-electron chi connectivity index (χ2n) is 8.31. The number of nitrogens with one attached hydrogen (secondary N) is 1. The first-order valence-corrected chi connectivity index (χ1v) is 12.2. The molecule has 3 aromatic rings. The molecule has 2 fully saturated rings. The predicted octanol–water partition coefficient (Wildman–Crippen LogP) is 3.28. The molecular formula is C24H29N7O2S. The first kappa shape index (κ1) is 22.7. The van der Waals surface area contributed by atoms with Crippen LogP contribution in [0.2, 0.25) is 0 Å². The third-order valence-corrected chi connectivity index (χ3v) is 6.64. The summed E-state index contributed by atoms with van der Waals surface area (Å²) in [6.07, 6.45) is 2.76. The van der Waals surface area contributed by atoms with E-state index in [0.717, 1.165) is 62.8 Å². The molecule has 34 heavy (non-hydrogen) atoms. The molecule has 1 atom stereocenters. The summed E-state index contributed by atoms with van der Waals surface area (Å²) in [5.41, 5.74) is 10.7. The van der Waals surface area contributed by atoms with E-state index in [1.807, 2.05) is 36.4 Å². The Hall–Kier alpha value is -3.05. The van der Waals surface area contributed by atoms with Crippen LogP contribution in [0.4, 0.5) is 23.0 Å². The van der Waals surface area contributed by atoms with Crippen LogP contribution in [-0.2, 0) is 4.74 Å². The smallest absolute Gasteiger partial charge is 0.227 e. The summed E-state index contributed by atoms with van der Waals surface area (Å²) >= 11 is 1.25. The van der Waals surface area contributed by atoms with E-state index in [4.69, 9.17) is 20.3 Å². The Bertz CT molecular complexity index is 1110. The fraction of sp³-hybridized carbons (Fsp3) is 0.333. The quantitative estimate of drug-likeness (QED) is 0.344. The number of aromatic nitrogens is 2. The molecule has 0 radical (unpaired) electrons. The lowest BCUT2D eigenvalue weighted by atomic mass is 10.1. The van der Waals surface area contributed by atoms with E-state index >= 15 is 0 Å². The zero-order valence-corrected chi connectivity index (χ0v) is 19.7. The van der Waals surface area contributed by atoms with Crippen molar-refractivity contribution in [1.82, 2.24) is 14.3 Å². The van der Waals surface area contributed by atoms with Crippen LogP contribution in [0, 0.1) is 0 Å². The number of benzene rings is 2. The van der Waals surface area contributed by atoms with Gasteiger partial charge in [0.05, 0.1) is 24.6 Å². The van der Waals surface area contributed by atoms with Crippen LogP contribution in [0.3, 0.4) is 0 Å². The van der Waals surface area contributed by atoms with E-state index in [2.05, 4.69) is 36.6 Å². The molecule has 10 heteroatoms. The van der Waals surface area contributed by atoms with Crippen molar-refractivity contribution in [3.63, 3.8) is 0 Å². The predicted molar refractivity (Wildman–Crippen MR) is 137 cm³/mol.